The first-order valence-electron chi connectivity index (χ1n) is 13.8. The van der Waals surface area contributed by atoms with Crippen molar-refractivity contribution in [1.29, 1.82) is 10.8 Å². The Kier molecular flexibility index (Phi) is 31.0. The number of carbonyl (C=O) groups is 2. The predicted molar refractivity (Wildman–Crippen MR) is 181 cm³/mol. The molecule has 0 fully saturated rings. The third-order valence-corrected chi connectivity index (χ3v) is 4.86. The molecule has 316 valence electrons. The van der Waals surface area contributed by atoms with E-state index in [0.717, 1.165) is 13.1 Å². The van der Waals surface area contributed by atoms with Gasteiger partial charge < -0.3 is 50.6 Å². The molecule has 0 amide bonds. The average molecular weight is 1010 g/mol. The Morgan fingerprint density at radius 3 is 0.943 bits per heavy atom. The molecular formula is C24H50F6N12O8PtS2+2. The van der Waals surface area contributed by atoms with Gasteiger partial charge in [-0.25, -0.2) is 26.8 Å². The van der Waals surface area contributed by atoms with Crippen molar-refractivity contribution in [2.45, 2.75) is 77.7 Å². The molecule has 0 unspecified atom stereocenters. The molecule has 53 heavy (non-hydrogen) atoms. The molecule has 2 aliphatic rings. The van der Waals surface area contributed by atoms with E-state index < -0.39 is 42.6 Å². The zero-order chi connectivity index (χ0) is 43.3. The van der Waals surface area contributed by atoms with Crippen molar-refractivity contribution in [2.75, 3.05) is 41.3 Å². The molecule has 0 aromatic carbocycles. The van der Waals surface area contributed by atoms with E-state index in [-0.39, 0.29) is 56.5 Å². The smallest absolute Gasteiger partial charge is 0.741 e. The average Bonchev–Trinajstić information content (AvgIpc) is 2.78. The van der Waals surface area contributed by atoms with Crippen LogP contribution in [0.2, 0.25) is 0 Å². The molecule has 10 N–H and O–H groups in total. The molecule has 0 aromatic rings. The molecule has 2 heterocycles. The van der Waals surface area contributed by atoms with Crippen LogP contribution in [0.4, 0.5) is 26.3 Å². The first kappa shape index (κ1) is 61.8. The molecule has 2 rings (SSSR count). The van der Waals surface area contributed by atoms with Gasteiger partial charge >= 0.3 is 32.1 Å². The SMILES string of the molecule is CC(C)=O.CC(C)=O.CC1(C)N=C(N)NC(=N)N1.CC1(C)N=C(N)NC(=N)N1.CN(C)CCN(C)C.O=S(=O)([O-])C(F)(F)F.O=S(=O)([O-])C(F)(F)F.[Pt+4]. The fraction of sp³-hybridized carbons (Fsp3) is 0.750. The van der Waals surface area contributed by atoms with E-state index in [1.807, 2.05) is 27.7 Å². The molecule has 0 bridgehead atoms. The maximum absolute atomic E-state index is 10.7. The van der Waals surface area contributed by atoms with Crippen molar-refractivity contribution in [2.24, 2.45) is 21.5 Å². The number of carbonyl (C=O) groups excluding carboxylic acids is 2. The van der Waals surface area contributed by atoms with Gasteiger partial charge in [0.05, 0.1) is 0 Å². The van der Waals surface area contributed by atoms with Gasteiger partial charge in [0.1, 0.15) is 22.9 Å². The molecule has 0 spiro atoms. The van der Waals surface area contributed by atoms with Crippen molar-refractivity contribution in [3.05, 3.63) is 0 Å². The fourth-order valence-corrected chi connectivity index (χ4v) is 2.04. The van der Waals surface area contributed by atoms with Crippen LogP contribution >= 0.6 is 0 Å². The first-order valence-corrected chi connectivity index (χ1v) is 16.7. The number of aliphatic imine (C=N–C) groups is 2. The normalized spacial score (nSPS) is 15.4. The summed E-state index contributed by atoms with van der Waals surface area (Å²) in [5.74, 6) is 1.29. The summed E-state index contributed by atoms with van der Waals surface area (Å²) >= 11 is 0. The number of nitrogens with two attached hydrogens (primary N) is 2. The third-order valence-electron chi connectivity index (χ3n) is 3.73. The number of likely N-dealkylation sites (N-methyl/N-ethyl adjacent to an activating group) is 2. The summed E-state index contributed by atoms with van der Waals surface area (Å²) in [6.07, 6.45) is 0. The Morgan fingerprint density at radius 1 is 0.679 bits per heavy atom. The summed E-state index contributed by atoms with van der Waals surface area (Å²) in [6, 6.07) is 0. The van der Waals surface area contributed by atoms with E-state index in [4.69, 9.17) is 48.2 Å². The summed E-state index contributed by atoms with van der Waals surface area (Å²) in [5.41, 5.74) is -1.48. The molecular weight excluding hydrogens is 958 g/mol. The predicted octanol–water partition coefficient (Wildman–Crippen LogP) is -0.270. The summed E-state index contributed by atoms with van der Waals surface area (Å²) in [6.45, 7) is 15.8. The maximum Gasteiger partial charge on any atom is 4.00 e. The van der Waals surface area contributed by atoms with Crippen LogP contribution in [0.15, 0.2) is 9.98 Å². The zero-order valence-corrected chi connectivity index (χ0v) is 34.9. The van der Waals surface area contributed by atoms with Crippen LogP contribution in [0.1, 0.15) is 55.4 Å². The number of guanidine groups is 4. The van der Waals surface area contributed by atoms with Crippen LogP contribution in [0, 0.1) is 10.8 Å². The minimum absolute atomic E-state index is 0. The molecule has 0 aromatic heterocycles. The molecule has 0 radical (unpaired) electrons. The van der Waals surface area contributed by atoms with Crippen molar-refractivity contribution in [3.63, 3.8) is 0 Å². The Balaban J connectivity index is -0.000000124. The molecule has 2 aliphatic heterocycles. The molecule has 0 saturated carbocycles. The van der Waals surface area contributed by atoms with Crippen LogP contribution in [0.25, 0.3) is 0 Å². The van der Waals surface area contributed by atoms with E-state index in [2.05, 4.69) is 69.2 Å². The Morgan fingerprint density at radius 2 is 0.849 bits per heavy atom. The largest absolute Gasteiger partial charge is 4.00 e. The number of halogens is 6. The Labute approximate surface area is 320 Å². The van der Waals surface area contributed by atoms with Gasteiger partial charge in [0.25, 0.3) is 0 Å². The summed E-state index contributed by atoms with van der Waals surface area (Å²) in [7, 11) is -3.83. The van der Waals surface area contributed by atoms with Crippen molar-refractivity contribution in [3.8, 4) is 0 Å². The van der Waals surface area contributed by atoms with Gasteiger partial charge in [-0.05, 0) is 83.6 Å². The van der Waals surface area contributed by atoms with Gasteiger partial charge in [0, 0.05) is 13.1 Å². The number of nitrogens with one attached hydrogen (secondary N) is 6. The first-order chi connectivity index (χ1) is 22.6. The number of alkyl halides is 6. The Bertz CT molecular complexity index is 1310. The van der Waals surface area contributed by atoms with Gasteiger partial charge in [0.2, 0.25) is 0 Å². The van der Waals surface area contributed by atoms with Gasteiger partial charge in [-0.3, -0.25) is 21.5 Å². The number of hydrogen-bond donors (Lipinski definition) is 8. The quantitative estimate of drug-likeness (QED) is 0.103. The van der Waals surface area contributed by atoms with Gasteiger partial charge in [-0.1, -0.05) is 0 Å². The number of rotatable bonds is 3. The van der Waals surface area contributed by atoms with Crippen LogP contribution in [0.5, 0.6) is 0 Å². The molecule has 0 saturated heterocycles. The second-order valence-electron chi connectivity index (χ2n) is 11.6. The summed E-state index contributed by atoms with van der Waals surface area (Å²) in [5, 5.41) is 25.0. The zero-order valence-electron chi connectivity index (χ0n) is 31.0. The van der Waals surface area contributed by atoms with Gasteiger partial charge in [-0.2, -0.15) is 26.3 Å². The number of ketones is 2. The topological polar surface area (TPSA) is 328 Å². The summed E-state index contributed by atoms with van der Waals surface area (Å²) in [4.78, 5) is 31.2. The monoisotopic (exact) mass is 1010 g/mol. The number of nitrogens with zero attached hydrogens (tertiary/aromatic N) is 4. The van der Waals surface area contributed by atoms with Gasteiger partial charge in [0.15, 0.2) is 44.1 Å². The third kappa shape index (κ3) is 46.8. The van der Waals surface area contributed by atoms with Gasteiger partial charge in [-0.15, -0.1) is 0 Å². The molecule has 0 aliphatic carbocycles. The number of hydrogen-bond acceptors (Lipinski definition) is 16. The van der Waals surface area contributed by atoms with Crippen molar-refractivity contribution >= 4 is 55.6 Å². The van der Waals surface area contributed by atoms with Crippen molar-refractivity contribution < 1.29 is 82.9 Å². The standard InChI is InChI=1S/C6H16N2.2C5H11N5.2C3H6O.2CHF3O3S.Pt/c1-7(2)5-6-8(3)4;2*1-5(2)9-3(6)8-4(7)10-5;2*1-3(2)4;2*2-1(3,4)8(5,6)7;/h5-6H2,1-4H3;2*1-2H3,(H5,6,7,8,9,10);2*1-2H3;2*(H,5,6,7);/q;;;;;;;+4/p-2. The fourth-order valence-electron chi connectivity index (χ4n) is 2.04. The number of Topliss-reactive ketones (excluding diaryl/α,β-unsaturated/α-hetero) is 2. The second kappa shape index (κ2) is 26.6. The molecule has 20 nitrogen and oxygen atoms in total. The van der Waals surface area contributed by atoms with E-state index in [1.54, 1.807) is 0 Å². The molecule has 0 atom stereocenters. The minimum atomic E-state index is -6.09. The maximum atomic E-state index is 10.7. The summed E-state index contributed by atoms with van der Waals surface area (Å²) < 4.78 is 118. The molecule has 29 heteroatoms. The second-order valence-corrected chi connectivity index (χ2v) is 14.3. The van der Waals surface area contributed by atoms with Crippen molar-refractivity contribution in [1.82, 2.24) is 31.1 Å². The van der Waals surface area contributed by atoms with E-state index in [1.165, 1.54) is 27.7 Å². The van der Waals surface area contributed by atoms with Crippen LogP contribution in [-0.2, 0) is 50.9 Å². The van der Waals surface area contributed by atoms with Crippen LogP contribution in [0.3, 0.4) is 0 Å². The Hall–Kier alpha value is -3.17. The van der Waals surface area contributed by atoms with E-state index in [9.17, 15) is 35.9 Å². The van der Waals surface area contributed by atoms with E-state index in [0.29, 0.717) is 0 Å². The van der Waals surface area contributed by atoms with Crippen LogP contribution in [-0.4, -0.2) is 135 Å². The van der Waals surface area contributed by atoms with E-state index >= 15 is 0 Å². The minimum Gasteiger partial charge on any atom is -0.741 e. The van der Waals surface area contributed by atoms with Crippen LogP contribution < -0.4 is 32.7 Å².